The van der Waals surface area contributed by atoms with Crippen molar-refractivity contribution >= 4 is 23.3 Å². The van der Waals surface area contributed by atoms with Gasteiger partial charge in [0.1, 0.15) is 0 Å². The van der Waals surface area contributed by atoms with E-state index in [2.05, 4.69) is 9.97 Å². The van der Waals surface area contributed by atoms with Gasteiger partial charge in [-0.05, 0) is 11.6 Å². The number of carboxylic acids is 1. The SMILES string of the molecule is COc1nc(C(=O)O)nc2c1CN(c1cccc(-c3ccccc3)c1Cl)C2. The standard InChI is InChI=1S/C20H16ClN3O3/c1-27-19-14-10-24(11-15(14)22-18(23-19)20(25)26)16-9-5-8-13(17(16)21)12-6-3-2-4-7-12/h2-9H,10-11H2,1H3,(H,25,26). The number of aromatic carboxylic acids is 1. The van der Waals surface area contributed by atoms with Gasteiger partial charge in [0.15, 0.2) is 0 Å². The number of aromatic nitrogens is 2. The molecule has 2 heterocycles. The third-order valence-electron chi connectivity index (χ3n) is 4.53. The van der Waals surface area contributed by atoms with Crippen molar-refractivity contribution in [2.24, 2.45) is 0 Å². The highest BCUT2D eigenvalue weighted by Crippen LogP contribution is 2.40. The Morgan fingerprint density at radius 3 is 2.59 bits per heavy atom. The predicted molar refractivity (Wildman–Crippen MR) is 102 cm³/mol. The second-order valence-corrected chi connectivity index (χ2v) is 6.53. The molecule has 0 bridgehead atoms. The van der Waals surface area contributed by atoms with E-state index in [9.17, 15) is 9.90 Å². The lowest BCUT2D eigenvalue weighted by atomic mass is 10.0. The Labute approximate surface area is 161 Å². The highest BCUT2D eigenvalue weighted by atomic mass is 35.5. The fourth-order valence-electron chi connectivity index (χ4n) is 3.26. The van der Waals surface area contributed by atoms with E-state index in [1.165, 1.54) is 7.11 Å². The second kappa shape index (κ2) is 6.89. The Bertz CT molecular complexity index is 1020. The number of fused-ring (bicyclic) bond motifs is 1. The minimum atomic E-state index is -1.18. The zero-order chi connectivity index (χ0) is 19.0. The molecular formula is C20H16ClN3O3. The average Bonchev–Trinajstić information content (AvgIpc) is 3.12. The van der Waals surface area contributed by atoms with Crippen molar-refractivity contribution in [1.29, 1.82) is 0 Å². The molecule has 6 nitrogen and oxygen atoms in total. The summed E-state index contributed by atoms with van der Waals surface area (Å²) >= 11 is 6.72. The Kier molecular flexibility index (Phi) is 4.41. The molecule has 3 aromatic rings. The number of benzene rings is 2. The molecule has 0 amide bonds. The van der Waals surface area contributed by atoms with Gasteiger partial charge in [0.25, 0.3) is 0 Å². The number of anilines is 1. The molecule has 0 atom stereocenters. The summed E-state index contributed by atoms with van der Waals surface area (Å²) in [4.78, 5) is 21.5. The zero-order valence-corrected chi connectivity index (χ0v) is 15.3. The number of nitrogens with zero attached hydrogens (tertiary/aromatic N) is 3. The van der Waals surface area contributed by atoms with Crippen molar-refractivity contribution < 1.29 is 14.6 Å². The molecule has 4 rings (SSSR count). The Morgan fingerprint density at radius 1 is 1.11 bits per heavy atom. The monoisotopic (exact) mass is 381 g/mol. The maximum atomic E-state index is 11.3. The third kappa shape index (κ3) is 3.08. The highest BCUT2D eigenvalue weighted by molar-refractivity contribution is 6.36. The molecule has 1 aliphatic rings. The van der Waals surface area contributed by atoms with E-state index in [4.69, 9.17) is 16.3 Å². The van der Waals surface area contributed by atoms with Crippen LogP contribution in [0.2, 0.25) is 5.02 Å². The molecule has 0 saturated carbocycles. The van der Waals surface area contributed by atoms with Gasteiger partial charge >= 0.3 is 5.97 Å². The average molecular weight is 382 g/mol. The molecular weight excluding hydrogens is 366 g/mol. The van der Waals surface area contributed by atoms with Gasteiger partial charge in [0.2, 0.25) is 11.7 Å². The van der Waals surface area contributed by atoms with Crippen LogP contribution in [0.4, 0.5) is 5.69 Å². The molecule has 136 valence electrons. The summed E-state index contributed by atoms with van der Waals surface area (Å²) in [6.45, 7) is 0.933. The van der Waals surface area contributed by atoms with Crippen molar-refractivity contribution in [1.82, 2.24) is 9.97 Å². The number of halogens is 1. The molecule has 1 aliphatic heterocycles. The highest BCUT2D eigenvalue weighted by Gasteiger charge is 2.29. The first-order valence-corrected chi connectivity index (χ1v) is 8.72. The van der Waals surface area contributed by atoms with Crippen LogP contribution in [0.1, 0.15) is 21.9 Å². The lowest BCUT2D eigenvalue weighted by Gasteiger charge is -2.20. The molecule has 0 saturated heterocycles. The van der Waals surface area contributed by atoms with Gasteiger partial charge in [-0.25, -0.2) is 9.78 Å². The van der Waals surface area contributed by atoms with Gasteiger partial charge in [-0.15, -0.1) is 0 Å². The first-order valence-electron chi connectivity index (χ1n) is 8.34. The summed E-state index contributed by atoms with van der Waals surface area (Å²) in [5.41, 5.74) is 4.25. The minimum absolute atomic E-state index is 0.267. The normalized spacial score (nSPS) is 12.7. The lowest BCUT2D eigenvalue weighted by molar-refractivity contribution is 0.0682. The third-order valence-corrected chi connectivity index (χ3v) is 4.93. The van der Waals surface area contributed by atoms with Crippen LogP contribution in [-0.4, -0.2) is 28.2 Å². The van der Waals surface area contributed by atoms with E-state index < -0.39 is 5.97 Å². The van der Waals surface area contributed by atoms with Crippen LogP contribution in [0.15, 0.2) is 48.5 Å². The molecule has 1 N–H and O–H groups in total. The Hall–Kier alpha value is -3.12. The van der Waals surface area contributed by atoms with Crippen molar-refractivity contribution in [2.75, 3.05) is 12.0 Å². The topological polar surface area (TPSA) is 75.5 Å². The van der Waals surface area contributed by atoms with Crippen LogP contribution in [0.5, 0.6) is 5.88 Å². The number of methoxy groups -OCH3 is 1. The van der Waals surface area contributed by atoms with E-state index >= 15 is 0 Å². The maximum absolute atomic E-state index is 11.3. The molecule has 0 spiro atoms. The number of hydrogen-bond donors (Lipinski definition) is 1. The van der Waals surface area contributed by atoms with E-state index in [0.717, 1.165) is 22.4 Å². The summed E-state index contributed by atoms with van der Waals surface area (Å²) in [5.74, 6) is -1.16. The van der Waals surface area contributed by atoms with Crippen LogP contribution in [0.25, 0.3) is 11.1 Å². The van der Waals surface area contributed by atoms with Crippen LogP contribution in [0, 0.1) is 0 Å². The zero-order valence-electron chi connectivity index (χ0n) is 14.5. The van der Waals surface area contributed by atoms with Crippen molar-refractivity contribution in [3.8, 4) is 17.0 Å². The van der Waals surface area contributed by atoms with Crippen LogP contribution >= 0.6 is 11.6 Å². The first-order chi connectivity index (χ1) is 13.1. The molecule has 27 heavy (non-hydrogen) atoms. The molecule has 0 aliphatic carbocycles. The first kappa shape index (κ1) is 17.3. The minimum Gasteiger partial charge on any atom is -0.481 e. The van der Waals surface area contributed by atoms with Crippen LogP contribution < -0.4 is 9.64 Å². The lowest BCUT2D eigenvalue weighted by Crippen LogP contribution is -2.15. The molecule has 7 heteroatoms. The van der Waals surface area contributed by atoms with E-state index in [-0.39, 0.29) is 11.7 Å². The van der Waals surface area contributed by atoms with Crippen LogP contribution in [0.3, 0.4) is 0 Å². The summed E-state index contributed by atoms with van der Waals surface area (Å²) in [7, 11) is 1.47. The van der Waals surface area contributed by atoms with Gasteiger partial charge in [-0.2, -0.15) is 4.98 Å². The number of carbonyl (C=O) groups is 1. The van der Waals surface area contributed by atoms with Crippen LogP contribution in [-0.2, 0) is 13.1 Å². The maximum Gasteiger partial charge on any atom is 0.374 e. The molecule has 1 aromatic heterocycles. The fourth-order valence-corrected chi connectivity index (χ4v) is 3.62. The van der Waals surface area contributed by atoms with E-state index in [1.54, 1.807) is 0 Å². The van der Waals surface area contributed by atoms with Gasteiger partial charge < -0.3 is 14.7 Å². The quantitative estimate of drug-likeness (QED) is 0.735. The fraction of sp³-hybridized carbons (Fsp3) is 0.150. The van der Waals surface area contributed by atoms with Crippen molar-refractivity contribution in [3.63, 3.8) is 0 Å². The number of ether oxygens (including phenoxy) is 1. The molecule has 0 radical (unpaired) electrons. The number of rotatable bonds is 4. The number of hydrogen-bond acceptors (Lipinski definition) is 5. The number of carboxylic acid groups (broad SMARTS) is 1. The molecule has 2 aromatic carbocycles. The van der Waals surface area contributed by atoms with Gasteiger partial charge in [-0.3, -0.25) is 0 Å². The summed E-state index contributed by atoms with van der Waals surface area (Å²) in [5, 5.41) is 9.85. The van der Waals surface area contributed by atoms with E-state index in [1.807, 2.05) is 53.4 Å². The van der Waals surface area contributed by atoms with Crippen molar-refractivity contribution in [3.05, 3.63) is 70.6 Å². The summed E-state index contributed by atoms with van der Waals surface area (Å²) < 4.78 is 5.28. The smallest absolute Gasteiger partial charge is 0.374 e. The Balaban J connectivity index is 1.73. The van der Waals surface area contributed by atoms with Gasteiger partial charge in [0.05, 0.1) is 42.2 Å². The molecule has 0 unspecified atom stereocenters. The summed E-state index contributed by atoms with van der Waals surface area (Å²) in [6.07, 6.45) is 0. The van der Waals surface area contributed by atoms with Gasteiger partial charge in [-0.1, -0.05) is 54.1 Å². The van der Waals surface area contributed by atoms with Gasteiger partial charge in [0, 0.05) is 5.56 Å². The largest absolute Gasteiger partial charge is 0.481 e. The van der Waals surface area contributed by atoms with E-state index in [0.29, 0.717) is 23.8 Å². The Morgan fingerprint density at radius 2 is 1.89 bits per heavy atom. The molecule has 0 fully saturated rings. The second-order valence-electron chi connectivity index (χ2n) is 6.15. The predicted octanol–water partition coefficient (Wildman–Crippen LogP) is 4.02. The summed E-state index contributed by atoms with van der Waals surface area (Å²) in [6, 6.07) is 15.8. The van der Waals surface area contributed by atoms with Crippen molar-refractivity contribution in [2.45, 2.75) is 13.1 Å².